The van der Waals surface area contributed by atoms with Gasteiger partial charge in [0.15, 0.2) is 0 Å². The van der Waals surface area contributed by atoms with E-state index < -0.39 is 20.0 Å². The fraction of sp³-hybridized carbons (Fsp3) is 0.836. The summed E-state index contributed by atoms with van der Waals surface area (Å²) in [6.07, 6.45) is 80.8. The van der Waals surface area contributed by atoms with Crippen molar-refractivity contribution in [2.75, 3.05) is 40.9 Å². The molecule has 486 valence electrons. The second-order valence-electron chi connectivity index (χ2n) is 25.4. The molecule has 0 saturated heterocycles. The molecule has 0 saturated carbocycles. The number of nitrogens with one attached hydrogen (secondary N) is 1. The molecule has 0 bridgehead atoms. The Morgan fingerprint density at radius 2 is 0.735 bits per heavy atom. The van der Waals surface area contributed by atoms with Gasteiger partial charge in [-0.1, -0.05) is 313 Å². The molecule has 9 nitrogen and oxygen atoms in total. The predicted molar refractivity (Wildman–Crippen MR) is 360 cm³/mol. The summed E-state index contributed by atoms with van der Waals surface area (Å²) in [6, 6.07) is -0.855. The van der Waals surface area contributed by atoms with E-state index in [1.54, 1.807) is 0 Å². The van der Waals surface area contributed by atoms with Gasteiger partial charge in [-0.15, -0.1) is 0 Å². The Bertz CT molecular complexity index is 1600. The quantitative estimate of drug-likeness (QED) is 0.0205. The Hall–Kier alpha value is -2.29. The third-order valence-electron chi connectivity index (χ3n) is 16.0. The number of rotatable bonds is 65. The van der Waals surface area contributed by atoms with E-state index in [0.717, 1.165) is 89.9 Å². The van der Waals surface area contributed by atoms with Gasteiger partial charge in [0.05, 0.1) is 33.8 Å². The summed E-state index contributed by atoms with van der Waals surface area (Å²) in [5.41, 5.74) is 0. The van der Waals surface area contributed by atoms with Crippen molar-refractivity contribution in [3.63, 3.8) is 0 Å². The molecule has 1 amide bonds. The molecule has 0 aromatic rings. The molecular weight excluding hydrogens is 1050 g/mol. The smallest absolute Gasteiger partial charge is 0.456 e. The lowest BCUT2D eigenvalue weighted by Crippen LogP contribution is -2.47. The lowest BCUT2D eigenvalue weighted by atomic mass is 10.0. The molecule has 2 N–H and O–H groups in total. The van der Waals surface area contributed by atoms with E-state index in [0.29, 0.717) is 23.9 Å². The van der Waals surface area contributed by atoms with Crippen LogP contribution >= 0.6 is 7.82 Å². The summed E-state index contributed by atoms with van der Waals surface area (Å²) in [4.78, 5) is 37.9. The Morgan fingerprint density at radius 3 is 1.12 bits per heavy atom. The molecule has 10 heteroatoms. The maximum atomic E-state index is 13.6. The number of hydrogen-bond acceptors (Lipinski definition) is 6. The van der Waals surface area contributed by atoms with Gasteiger partial charge in [-0.05, 0) is 76.7 Å². The molecule has 0 spiro atoms. The standard InChI is InChI=1S/C73H137N2O7P/c1-7-10-13-16-19-22-25-28-30-32-34-36-37-39-40-42-44-47-50-53-56-59-62-65-72(76)74-70(69-81-83(78,79)80-68-67-75(4,5)6)71(64-61-58-55-52-49-46-27-24-21-18-15-12-9-3)82-73(77)66-63-60-57-54-51-48-45-43-41-38-35-33-31-29-26-23-20-17-14-11-8-2/h19,22,28,30,34,36,39-40,61,64,70-71H,7-18,20-21,23-27,29,31-33,35,37-38,41-60,62-63,65-69H2,1-6H3,(H-,74,76,78,79)/p+1/b22-19-,30-28-,36-34-,40-39-,64-61+. The van der Waals surface area contributed by atoms with Gasteiger partial charge in [0.1, 0.15) is 19.3 Å². The highest BCUT2D eigenvalue weighted by molar-refractivity contribution is 7.47. The zero-order valence-electron chi connectivity index (χ0n) is 55.7. The first-order valence-electron chi connectivity index (χ1n) is 35.6. The van der Waals surface area contributed by atoms with Crippen LogP contribution in [0.2, 0.25) is 0 Å². The number of unbranched alkanes of at least 4 members (excludes halogenated alkanes) is 41. The molecule has 3 atom stereocenters. The molecule has 0 fully saturated rings. The minimum absolute atomic E-state index is 0.0382. The number of quaternary nitrogens is 1. The van der Waals surface area contributed by atoms with Crippen LogP contribution in [0, 0.1) is 0 Å². The highest BCUT2D eigenvalue weighted by Gasteiger charge is 2.30. The van der Waals surface area contributed by atoms with Crippen LogP contribution in [0.3, 0.4) is 0 Å². The topological polar surface area (TPSA) is 111 Å². The van der Waals surface area contributed by atoms with Gasteiger partial charge in [-0.25, -0.2) is 4.57 Å². The first-order chi connectivity index (χ1) is 40.4. The molecule has 0 aliphatic rings. The van der Waals surface area contributed by atoms with Gasteiger partial charge in [-0.3, -0.25) is 18.6 Å². The van der Waals surface area contributed by atoms with Crippen molar-refractivity contribution in [2.45, 2.75) is 354 Å². The molecule has 0 rings (SSSR count). The lowest BCUT2D eigenvalue weighted by molar-refractivity contribution is -0.870. The van der Waals surface area contributed by atoms with Crippen molar-refractivity contribution < 1.29 is 37.3 Å². The molecule has 83 heavy (non-hydrogen) atoms. The van der Waals surface area contributed by atoms with E-state index in [4.69, 9.17) is 13.8 Å². The van der Waals surface area contributed by atoms with E-state index in [-0.39, 0.29) is 25.1 Å². The number of phosphoric ester groups is 1. The van der Waals surface area contributed by atoms with Crippen LogP contribution in [-0.2, 0) is 27.9 Å². The summed E-state index contributed by atoms with van der Waals surface area (Å²) in [5, 5.41) is 3.07. The van der Waals surface area contributed by atoms with Gasteiger partial charge >= 0.3 is 13.8 Å². The highest BCUT2D eigenvalue weighted by Crippen LogP contribution is 2.43. The number of phosphoric acid groups is 1. The Morgan fingerprint density at radius 1 is 0.422 bits per heavy atom. The van der Waals surface area contributed by atoms with Crippen LogP contribution in [0.1, 0.15) is 342 Å². The van der Waals surface area contributed by atoms with Crippen molar-refractivity contribution in [1.82, 2.24) is 5.32 Å². The Labute approximate surface area is 515 Å². The summed E-state index contributed by atoms with van der Waals surface area (Å²) in [6.45, 7) is 7.03. The number of allylic oxidation sites excluding steroid dienone is 9. The van der Waals surface area contributed by atoms with Crippen LogP contribution in [0.25, 0.3) is 0 Å². The number of hydrogen-bond donors (Lipinski definition) is 2. The van der Waals surface area contributed by atoms with Gasteiger partial charge in [-0.2, -0.15) is 0 Å². The zero-order valence-corrected chi connectivity index (χ0v) is 56.6. The summed E-state index contributed by atoms with van der Waals surface area (Å²) in [7, 11) is 1.50. The minimum Gasteiger partial charge on any atom is -0.456 e. The van der Waals surface area contributed by atoms with E-state index >= 15 is 0 Å². The number of likely N-dealkylation sites (N-methyl/N-ethyl adjacent to an activating group) is 1. The molecule has 0 radical (unpaired) electrons. The van der Waals surface area contributed by atoms with Crippen LogP contribution in [-0.4, -0.2) is 74.3 Å². The van der Waals surface area contributed by atoms with E-state index in [1.165, 1.54) is 218 Å². The normalized spacial score (nSPS) is 13.9. The summed E-state index contributed by atoms with van der Waals surface area (Å²) >= 11 is 0. The predicted octanol–water partition coefficient (Wildman–Crippen LogP) is 22.6. The minimum atomic E-state index is -4.46. The number of nitrogens with zero attached hydrogens (tertiary/aromatic N) is 1. The van der Waals surface area contributed by atoms with Crippen LogP contribution in [0.15, 0.2) is 60.8 Å². The molecule has 0 aromatic heterocycles. The van der Waals surface area contributed by atoms with Crippen LogP contribution in [0.5, 0.6) is 0 Å². The van der Waals surface area contributed by atoms with Crippen LogP contribution in [0.4, 0.5) is 0 Å². The number of ether oxygens (including phenoxy) is 1. The van der Waals surface area contributed by atoms with Gasteiger partial charge in [0.2, 0.25) is 5.91 Å². The van der Waals surface area contributed by atoms with E-state index in [2.05, 4.69) is 74.7 Å². The van der Waals surface area contributed by atoms with Crippen LogP contribution < -0.4 is 5.32 Å². The van der Waals surface area contributed by atoms with Crippen molar-refractivity contribution in [2.24, 2.45) is 0 Å². The number of esters is 1. The zero-order chi connectivity index (χ0) is 60.7. The van der Waals surface area contributed by atoms with Gasteiger partial charge < -0.3 is 19.4 Å². The van der Waals surface area contributed by atoms with Crippen molar-refractivity contribution in [3.05, 3.63) is 60.8 Å². The molecule has 0 heterocycles. The maximum Gasteiger partial charge on any atom is 0.472 e. The summed E-state index contributed by atoms with van der Waals surface area (Å²) in [5.74, 6) is -0.502. The SMILES string of the molecule is CCCCC/C=C\C/C=C\C/C=C\C/C=C\CCCCCCCCCC(=O)NC(COP(=O)(O)OCC[N+](C)(C)C)C(/C=C/CCCCCCCCCCCCC)OC(=O)CCCCCCCCCCCCCCCCCCCCCCC. The number of carbonyl (C=O) groups excluding carboxylic acids is 2. The van der Waals surface area contributed by atoms with Crippen molar-refractivity contribution in [1.29, 1.82) is 0 Å². The second-order valence-corrected chi connectivity index (χ2v) is 26.9. The summed E-state index contributed by atoms with van der Waals surface area (Å²) < 4.78 is 30.8. The van der Waals surface area contributed by atoms with Crippen molar-refractivity contribution in [3.8, 4) is 0 Å². The second kappa shape index (κ2) is 62.8. The largest absolute Gasteiger partial charge is 0.472 e. The monoisotopic (exact) mass is 1190 g/mol. The van der Waals surface area contributed by atoms with Crippen molar-refractivity contribution >= 4 is 19.7 Å². The average molecular weight is 1190 g/mol. The van der Waals surface area contributed by atoms with Gasteiger partial charge in [0.25, 0.3) is 0 Å². The fourth-order valence-electron chi connectivity index (χ4n) is 10.5. The molecule has 0 aromatic carbocycles. The third kappa shape index (κ3) is 64.0. The first-order valence-corrected chi connectivity index (χ1v) is 37.1. The average Bonchev–Trinajstić information content (AvgIpc) is 3.46. The third-order valence-corrected chi connectivity index (χ3v) is 16.9. The molecule has 0 aliphatic heterocycles. The number of amides is 1. The highest BCUT2D eigenvalue weighted by atomic mass is 31.2. The molecular formula is C73H138N2O7P+. The first kappa shape index (κ1) is 80.7. The molecule has 3 unspecified atom stereocenters. The fourth-order valence-corrected chi connectivity index (χ4v) is 11.2. The Kier molecular flexibility index (Phi) is 61.0. The van der Waals surface area contributed by atoms with E-state index in [1.807, 2.05) is 33.3 Å². The Balaban J connectivity index is 5.14. The molecule has 0 aliphatic carbocycles. The lowest BCUT2D eigenvalue weighted by Gasteiger charge is -2.27. The van der Waals surface area contributed by atoms with E-state index in [9.17, 15) is 19.0 Å². The maximum absolute atomic E-state index is 13.6. The number of carbonyl (C=O) groups is 2. The van der Waals surface area contributed by atoms with Gasteiger partial charge in [0, 0.05) is 12.8 Å².